The van der Waals surface area contributed by atoms with E-state index in [0.717, 1.165) is 43.3 Å². The first-order valence-corrected chi connectivity index (χ1v) is 9.65. The van der Waals surface area contributed by atoms with Crippen LogP contribution in [-0.4, -0.2) is 29.0 Å². The Morgan fingerprint density at radius 1 is 1.19 bits per heavy atom. The van der Waals surface area contributed by atoms with Crippen LogP contribution in [0.3, 0.4) is 0 Å². The molecule has 3 rings (SSSR count). The van der Waals surface area contributed by atoms with Gasteiger partial charge in [-0.05, 0) is 44.7 Å². The molecule has 3 aromatic rings. The van der Waals surface area contributed by atoms with Crippen LogP contribution in [0.2, 0.25) is 0 Å². The summed E-state index contributed by atoms with van der Waals surface area (Å²) in [6, 6.07) is 6.51. The maximum atomic E-state index is 5.60. The van der Waals surface area contributed by atoms with Gasteiger partial charge in [-0.1, -0.05) is 25.1 Å². The molecular weight excluding hydrogens is 338 g/mol. The smallest absolute Gasteiger partial charge is 0.216 e. The van der Waals surface area contributed by atoms with E-state index in [2.05, 4.69) is 63.8 Å². The molecule has 6 nitrogen and oxygen atoms in total. The zero-order valence-electron chi connectivity index (χ0n) is 16.6. The minimum Gasteiger partial charge on any atom is -0.444 e. The highest BCUT2D eigenvalue weighted by Crippen LogP contribution is 2.22. The molecule has 0 aliphatic rings. The lowest BCUT2D eigenvalue weighted by atomic mass is 10.1. The molecule has 144 valence electrons. The molecule has 0 saturated heterocycles. The number of aromatic amines is 1. The molecule has 6 heteroatoms. The molecule has 0 spiro atoms. The summed E-state index contributed by atoms with van der Waals surface area (Å²) in [5, 5.41) is 7.98. The van der Waals surface area contributed by atoms with Gasteiger partial charge >= 0.3 is 0 Å². The Kier molecular flexibility index (Phi) is 6.16. The highest BCUT2D eigenvalue weighted by molar-refractivity contribution is 5.86. The van der Waals surface area contributed by atoms with Crippen molar-refractivity contribution in [3.8, 4) is 0 Å². The lowest BCUT2D eigenvalue weighted by Crippen LogP contribution is -2.38. The number of benzene rings is 1. The first-order valence-electron chi connectivity index (χ1n) is 9.65. The maximum Gasteiger partial charge on any atom is 0.216 e. The molecule has 0 fully saturated rings. The van der Waals surface area contributed by atoms with Crippen molar-refractivity contribution in [1.82, 2.24) is 20.6 Å². The Labute approximate surface area is 160 Å². The second kappa shape index (κ2) is 8.75. The highest BCUT2D eigenvalue weighted by atomic mass is 16.4. The second-order valence-corrected chi connectivity index (χ2v) is 6.63. The van der Waals surface area contributed by atoms with E-state index < -0.39 is 0 Å². The maximum absolute atomic E-state index is 5.60. The van der Waals surface area contributed by atoms with Crippen molar-refractivity contribution < 1.29 is 4.42 Å². The van der Waals surface area contributed by atoms with Gasteiger partial charge in [-0.25, -0.2) is 9.98 Å². The Hall–Kier alpha value is -2.76. The summed E-state index contributed by atoms with van der Waals surface area (Å²) >= 11 is 0. The number of oxazole rings is 1. The van der Waals surface area contributed by atoms with E-state index in [-0.39, 0.29) is 0 Å². The number of nitrogens with zero attached hydrogens (tertiary/aromatic N) is 2. The van der Waals surface area contributed by atoms with Gasteiger partial charge in [0, 0.05) is 30.2 Å². The monoisotopic (exact) mass is 367 g/mol. The van der Waals surface area contributed by atoms with Crippen LogP contribution in [0.1, 0.15) is 42.3 Å². The Morgan fingerprint density at radius 2 is 2.04 bits per heavy atom. The molecule has 0 aliphatic heterocycles. The van der Waals surface area contributed by atoms with E-state index in [1.54, 1.807) is 0 Å². The average molecular weight is 367 g/mol. The number of aliphatic imine (C=N–C) groups is 1. The third-order valence-corrected chi connectivity index (χ3v) is 4.74. The molecule has 0 radical (unpaired) electrons. The largest absolute Gasteiger partial charge is 0.444 e. The zero-order chi connectivity index (χ0) is 19.2. The van der Waals surface area contributed by atoms with Crippen LogP contribution < -0.4 is 10.6 Å². The van der Waals surface area contributed by atoms with Gasteiger partial charge in [-0.2, -0.15) is 0 Å². The van der Waals surface area contributed by atoms with Crippen molar-refractivity contribution in [1.29, 1.82) is 0 Å². The Bertz CT molecular complexity index is 902. The lowest BCUT2D eigenvalue weighted by Gasteiger charge is -2.10. The third kappa shape index (κ3) is 4.51. The summed E-state index contributed by atoms with van der Waals surface area (Å²) in [7, 11) is 0. The molecule has 2 heterocycles. The quantitative estimate of drug-likeness (QED) is 0.440. The first kappa shape index (κ1) is 19.0. The number of hydrogen-bond acceptors (Lipinski definition) is 3. The molecule has 1 aromatic carbocycles. The molecule has 2 aromatic heterocycles. The summed E-state index contributed by atoms with van der Waals surface area (Å²) in [5.74, 6) is 2.27. The van der Waals surface area contributed by atoms with Gasteiger partial charge in [0.2, 0.25) is 5.89 Å². The van der Waals surface area contributed by atoms with Gasteiger partial charge in [-0.3, -0.25) is 0 Å². The topological polar surface area (TPSA) is 78.2 Å². The van der Waals surface area contributed by atoms with Crippen LogP contribution in [-0.2, 0) is 19.4 Å². The van der Waals surface area contributed by atoms with Gasteiger partial charge in [0.25, 0.3) is 0 Å². The zero-order valence-corrected chi connectivity index (χ0v) is 16.6. The summed E-state index contributed by atoms with van der Waals surface area (Å²) in [4.78, 5) is 12.4. The second-order valence-electron chi connectivity index (χ2n) is 6.63. The van der Waals surface area contributed by atoms with E-state index in [1.807, 2.05) is 13.8 Å². The predicted molar refractivity (Wildman–Crippen MR) is 110 cm³/mol. The van der Waals surface area contributed by atoms with Crippen molar-refractivity contribution in [3.63, 3.8) is 0 Å². The SMILES string of the molecule is CCNC(=NCc1nc(C)c(C)o1)NCCc1c[nH]c2c(CC)cccc12. The summed E-state index contributed by atoms with van der Waals surface area (Å²) in [5.41, 5.74) is 4.86. The average Bonchev–Trinajstić information content (AvgIpc) is 3.22. The van der Waals surface area contributed by atoms with Crippen LogP contribution in [0.25, 0.3) is 10.9 Å². The van der Waals surface area contributed by atoms with Gasteiger partial charge in [0.1, 0.15) is 12.3 Å². The molecule has 0 saturated carbocycles. The van der Waals surface area contributed by atoms with E-state index in [9.17, 15) is 0 Å². The molecule has 0 bridgehead atoms. The number of hydrogen-bond donors (Lipinski definition) is 3. The summed E-state index contributed by atoms with van der Waals surface area (Å²) in [6.45, 7) is 10.2. The number of aryl methyl sites for hydroxylation is 3. The Morgan fingerprint density at radius 3 is 2.74 bits per heavy atom. The van der Waals surface area contributed by atoms with Gasteiger partial charge in [0.05, 0.1) is 5.69 Å². The van der Waals surface area contributed by atoms with Crippen LogP contribution in [0, 0.1) is 13.8 Å². The molecule has 27 heavy (non-hydrogen) atoms. The Balaban J connectivity index is 1.62. The van der Waals surface area contributed by atoms with E-state index in [4.69, 9.17) is 4.42 Å². The molecule has 0 atom stereocenters. The molecule has 0 amide bonds. The predicted octanol–water partition coefficient (Wildman–Crippen LogP) is 3.63. The van der Waals surface area contributed by atoms with Crippen molar-refractivity contribution >= 4 is 16.9 Å². The number of para-hydroxylation sites is 1. The fourth-order valence-corrected chi connectivity index (χ4v) is 3.19. The minimum absolute atomic E-state index is 0.428. The number of rotatable bonds is 7. The number of guanidine groups is 1. The molecule has 3 N–H and O–H groups in total. The number of fused-ring (bicyclic) bond motifs is 1. The van der Waals surface area contributed by atoms with E-state index in [1.165, 1.54) is 22.0 Å². The van der Waals surface area contributed by atoms with Crippen molar-refractivity contribution in [2.45, 2.75) is 47.1 Å². The van der Waals surface area contributed by atoms with E-state index in [0.29, 0.717) is 12.4 Å². The van der Waals surface area contributed by atoms with Crippen LogP contribution in [0.15, 0.2) is 33.8 Å². The third-order valence-electron chi connectivity index (χ3n) is 4.74. The van der Waals surface area contributed by atoms with Gasteiger partial charge in [-0.15, -0.1) is 0 Å². The number of H-pyrrole nitrogens is 1. The van der Waals surface area contributed by atoms with Crippen LogP contribution in [0.5, 0.6) is 0 Å². The lowest BCUT2D eigenvalue weighted by molar-refractivity contribution is 0.473. The first-order chi connectivity index (χ1) is 13.1. The fourth-order valence-electron chi connectivity index (χ4n) is 3.19. The standard InChI is InChI=1S/C21H29N5O/c1-5-16-8-7-9-18-17(12-24-20(16)18)10-11-23-21(22-6-2)25-13-19-26-14(3)15(4)27-19/h7-9,12,24H,5-6,10-11,13H2,1-4H3,(H2,22,23,25). The van der Waals surface area contributed by atoms with Crippen molar-refractivity contribution in [2.24, 2.45) is 4.99 Å². The molecule has 0 aliphatic carbocycles. The highest BCUT2D eigenvalue weighted by Gasteiger charge is 2.08. The van der Waals surface area contributed by atoms with Crippen LogP contribution in [0.4, 0.5) is 0 Å². The molecular formula is C21H29N5O. The van der Waals surface area contributed by atoms with Gasteiger partial charge in [0.15, 0.2) is 5.96 Å². The summed E-state index contributed by atoms with van der Waals surface area (Å²) in [6.07, 6.45) is 4.08. The van der Waals surface area contributed by atoms with Crippen molar-refractivity contribution in [2.75, 3.05) is 13.1 Å². The number of aromatic nitrogens is 2. The van der Waals surface area contributed by atoms with Crippen molar-refractivity contribution in [3.05, 3.63) is 52.9 Å². The summed E-state index contributed by atoms with van der Waals surface area (Å²) < 4.78 is 5.60. The fraction of sp³-hybridized carbons (Fsp3) is 0.429. The minimum atomic E-state index is 0.428. The normalized spacial score (nSPS) is 11.9. The number of nitrogens with one attached hydrogen (secondary N) is 3. The van der Waals surface area contributed by atoms with Crippen LogP contribution >= 0.6 is 0 Å². The molecule has 0 unspecified atom stereocenters. The van der Waals surface area contributed by atoms with Gasteiger partial charge < -0.3 is 20.0 Å². The van der Waals surface area contributed by atoms with E-state index >= 15 is 0 Å².